The molecule has 0 saturated heterocycles. The van der Waals surface area contributed by atoms with Gasteiger partial charge in [0.05, 0.1) is 12.1 Å². The molecule has 1 fully saturated rings. The lowest BCUT2D eigenvalue weighted by atomic mass is 9.89. The van der Waals surface area contributed by atoms with Gasteiger partial charge in [-0.15, -0.1) is 0 Å². The van der Waals surface area contributed by atoms with Gasteiger partial charge >= 0.3 is 0 Å². The average Bonchev–Trinajstić information content (AvgIpc) is 3.15. The highest BCUT2D eigenvalue weighted by Crippen LogP contribution is 2.36. The van der Waals surface area contributed by atoms with Crippen molar-refractivity contribution in [1.82, 2.24) is 0 Å². The van der Waals surface area contributed by atoms with Crippen LogP contribution >= 0.6 is 0 Å². The second-order valence-electron chi connectivity index (χ2n) is 7.17. The van der Waals surface area contributed by atoms with Crippen molar-refractivity contribution in [1.29, 1.82) is 0 Å². The molecule has 0 amide bonds. The molecule has 1 saturated carbocycles. The van der Waals surface area contributed by atoms with Gasteiger partial charge in [0.25, 0.3) is 0 Å². The van der Waals surface area contributed by atoms with Crippen molar-refractivity contribution >= 4 is 12.4 Å². The van der Waals surface area contributed by atoms with Gasteiger partial charge in [0.1, 0.15) is 0 Å². The van der Waals surface area contributed by atoms with E-state index in [1.54, 1.807) is 0 Å². The van der Waals surface area contributed by atoms with E-state index in [1.807, 2.05) is 0 Å². The number of rotatable bonds is 6. The van der Waals surface area contributed by atoms with E-state index in [0.29, 0.717) is 0 Å². The molecule has 2 heteroatoms. The summed E-state index contributed by atoms with van der Waals surface area (Å²) >= 11 is 0. The Balaban J connectivity index is 1.73. The molecule has 2 nitrogen and oxygen atoms in total. The predicted molar refractivity (Wildman–Crippen MR) is 108 cm³/mol. The molecule has 2 atom stereocenters. The highest BCUT2D eigenvalue weighted by molar-refractivity contribution is 5.89. The van der Waals surface area contributed by atoms with Gasteiger partial charge < -0.3 is 0 Å². The monoisotopic (exact) mass is 332 g/mol. The SMILES string of the molecule is C[C@@H](N=CC1(C=N[C@H](C)c2ccccc2)CCCC1)c1ccccc1. The number of hydrogen-bond donors (Lipinski definition) is 0. The van der Waals surface area contributed by atoms with Gasteiger partial charge in [-0.2, -0.15) is 0 Å². The molecular weight excluding hydrogens is 304 g/mol. The second-order valence-corrected chi connectivity index (χ2v) is 7.17. The van der Waals surface area contributed by atoms with Gasteiger partial charge in [-0.1, -0.05) is 73.5 Å². The zero-order valence-corrected chi connectivity index (χ0v) is 15.3. The maximum atomic E-state index is 4.88. The normalized spacial score (nSPS) is 19.4. The molecule has 0 heterocycles. The van der Waals surface area contributed by atoms with E-state index in [-0.39, 0.29) is 17.5 Å². The number of hydrogen-bond acceptors (Lipinski definition) is 2. The molecule has 0 aliphatic heterocycles. The quantitative estimate of drug-likeness (QED) is 0.562. The summed E-state index contributed by atoms with van der Waals surface area (Å²) in [6.07, 6.45) is 9.19. The van der Waals surface area contributed by atoms with E-state index in [0.717, 1.165) is 12.8 Å². The Morgan fingerprint density at radius 1 is 0.720 bits per heavy atom. The Hall–Kier alpha value is -2.22. The molecule has 0 unspecified atom stereocenters. The van der Waals surface area contributed by atoms with Crippen LogP contribution in [0.3, 0.4) is 0 Å². The first kappa shape index (κ1) is 17.6. The molecule has 0 spiro atoms. The molecular formula is C23H28N2. The van der Waals surface area contributed by atoms with Gasteiger partial charge in [-0.05, 0) is 37.8 Å². The molecule has 2 aromatic rings. The summed E-state index contributed by atoms with van der Waals surface area (Å²) in [6.45, 7) is 4.33. The lowest BCUT2D eigenvalue weighted by Crippen LogP contribution is -2.21. The molecule has 130 valence electrons. The van der Waals surface area contributed by atoms with E-state index in [9.17, 15) is 0 Å². The minimum atomic E-state index is 0.0338. The van der Waals surface area contributed by atoms with Crippen LogP contribution in [0.5, 0.6) is 0 Å². The third kappa shape index (κ3) is 4.66. The van der Waals surface area contributed by atoms with Crippen molar-refractivity contribution in [3.63, 3.8) is 0 Å². The molecule has 3 rings (SSSR count). The van der Waals surface area contributed by atoms with Crippen LogP contribution in [-0.4, -0.2) is 12.4 Å². The van der Waals surface area contributed by atoms with Crippen molar-refractivity contribution in [2.24, 2.45) is 15.4 Å². The third-order valence-electron chi connectivity index (χ3n) is 5.21. The predicted octanol–water partition coefficient (Wildman–Crippen LogP) is 6.21. The van der Waals surface area contributed by atoms with Gasteiger partial charge in [0.15, 0.2) is 0 Å². The smallest absolute Gasteiger partial charge is 0.0717 e. The Morgan fingerprint density at radius 2 is 1.12 bits per heavy atom. The zero-order chi connectivity index (χ0) is 17.5. The Bertz CT molecular complexity index is 640. The third-order valence-corrected chi connectivity index (χ3v) is 5.21. The highest BCUT2D eigenvalue weighted by Gasteiger charge is 2.30. The zero-order valence-electron chi connectivity index (χ0n) is 15.3. The number of benzene rings is 2. The molecule has 0 radical (unpaired) electrons. The van der Waals surface area contributed by atoms with Crippen LogP contribution in [-0.2, 0) is 0 Å². The van der Waals surface area contributed by atoms with Crippen molar-refractivity contribution in [3.8, 4) is 0 Å². The van der Waals surface area contributed by atoms with Crippen LogP contribution in [0.15, 0.2) is 70.6 Å². The summed E-state index contributed by atoms with van der Waals surface area (Å²) in [5, 5.41) is 0. The minimum absolute atomic E-state index is 0.0338. The van der Waals surface area contributed by atoms with Crippen LogP contribution < -0.4 is 0 Å². The van der Waals surface area contributed by atoms with Gasteiger partial charge in [-0.3, -0.25) is 9.98 Å². The number of nitrogens with zero attached hydrogens (tertiary/aromatic N) is 2. The first-order valence-electron chi connectivity index (χ1n) is 9.37. The minimum Gasteiger partial charge on any atom is -0.289 e. The van der Waals surface area contributed by atoms with Gasteiger partial charge in [-0.25, -0.2) is 0 Å². The Labute approximate surface area is 151 Å². The summed E-state index contributed by atoms with van der Waals surface area (Å²) < 4.78 is 0. The average molecular weight is 332 g/mol. The maximum absolute atomic E-state index is 4.88. The van der Waals surface area contributed by atoms with Crippen LogP contribution in [0.2, 0.25) is 0 Å². The fraction of sp³-hybridized carbons (Fsp3) is 0.391. The fourth-order valence-electron chi connectivity index (χ4n) is 3.48. The van der Waals surface area contributed by atoms with Crippen LogP contribution in [0.1, 0.15) is 62.7 Å². The summed E-state index contributed by atoms with van der Waals surface area (Å²) in [4.78, 5) is 9.77. The van der Waals surface area contributed by atoms with Crippen LogP contribution in [0.25, 0.3) is 0 Å². The Morgan fingerprint density at radius 3 is 1.52 bits per heavy atom. The molecule has 1 aliphatic rings. The molecule has 0 bridgehead atoms. The number of aliphatic imine (C=N–C) groups is 2. The second kappa shape index (κ2) is 8.24. The van der Waals surface area contributed by atoms with E-state index in [1.165, 1.54) is 24.0 Å². The first-order valence-corrected chi connectivity index (χ1v) is 9.37. The molecule has 1 aliphatic carbocycles. The van der Waals surface area contributed by atoms with E-state index >= 15 is 0 Å². The molecule has 25 heavy (non-hydrogen) atoms. The maximum Gasteiger partial charge on any atom is 0.0717 e. The highest BCUT2D eigenvalue weighted by atomic mass is 14.8. The first-order chi connectivity index (χ1) is 12.2. The molecule has 2 aromatic carbocycles. The van der Waals surface area contributed by atoms with Crippen molar-refractivity contribution in [2.45, 2.75) is 51.6 Å². The lowest BCUT2D eigenvalue weighted by Gasteiger charge is -2.20. The van der Waals surface area contributed by atoms with Crippen molar-refractivity contribution in [3.05, 3.63) is 71.8 Å². The van der Waals surface area contributed by atoms with Crippen molar-refractivity contribution in [2.75, 3.05) is 0 Å². The molecule has 0 aromatic heterocycles. The largest absolute Gasteiger partial charge is 0.289 e. The molecule has 0 N–H and O–H groups in total. The van der Waals surface area contributed by atoms with Gasteiger partial charge in [0.2, 0.25) is 0 Å². The fourth-order valence-corrected chi connectivity index (χ4v) is 3.48. The van der Waals surface area contributed by atoms with E-state index < -0.39 is 0 Å². The summed E-state index contributed by atoms with van der Waals surface area (Å²) in [7, 11) is 0. The van der Waals surface area contributed by atoms with E-state index in [2.05, 4.69) is 86.9 Å². The Kier molecular flexibility index (Phi) is 5.80. The lowest BCUT2D eigenvalue weighted by molar-refractivity contribution is 0.613. The summed E-state index contributed by atoms with van der Waals surface area (Å²) in [6, 6.07) is 21.4. The summed E-state index contributed by atoms with van der Waals surface area (Å²) in [5.41, 5.74) is 2.56. The van der Waals surface area contributed by atoms with E-state index in [4.69, 9.17) is 9.98 Å². The van der Waals surface area contributed by atoms with Crippen LogP contribution in [0.4, 0.5) is 0 Å². The van der Waals surface area contributed by atoms with Gasteiger partial charge in [0, 0.05) is 17.8 Å². The van der Waals surface area contributed by atoms with Crippen LogP contribution in [0, 0.1) is 5.41 Å². The standard InChI is InChI=1S/C23H28N2/c1-19(21-11-5-3-6-12-21)24-17-23(15-9-10-16-23)18-25-20(2)22-13-7-4-8-14-22/h3-8,11-14,17-20H,9-10,15-16H2,1-2H3/t19-,20-/m1/s1. The topological polar surface area (TPSA) is 24.7 Å². The summed E-state index contributed by atoms with van der Waals surface area (Å²) in [5.74, 6) is 0. The van der Waals surface area contributed by atoms with Crippen molar-refractivity contribution < 1.29 is 0 Å².